The van der Waals surface area contributed by atoms with Crippen molar-refractivity contribution in [2.75, 3.05) is 19.8 Å². The molecule has 2 heterocycles. The molecule has 0 saturated carbocycles. The van der Waals surface area contributed by atoms with Crippen LogP contribution in [0, 0.1) is 0 Å². The molecule has 1 aromatic heterocycles. The fourth-order valence-electron chi connectivity index (χ4n) is 2.06. The van der Waals surface area contributed by atoms with Gasteiger partial charge in [0, 0.05) is 13.2 Å². The van der Waals surface area contributed by atoms with Gasteiger partial charge in [-0.2, -0.15) is 4.98 Å². The summed E-state index contributed by atoms with van der Waals surface area (Å²) in [6.07, 6.45) is 3.99. The quantitative estimate of drug-likeness (QED) is 0.753. The molecule has 0 amide bonds. The smallest absolute Gasteiger partial charge is 0.229 e. The molecule has 0 aliphatic carbocycles. The van der Waals surface area contributed by atoms with Crippen LogP contribution in [0.2, 0.25) is 0 Å². The highest BCUT2D eigenvalue weighted by Gasteiger charge is 2.29. The van der Waals surface area contributed by atoms with Gasteiger partial charge in [-0.3, -0.25) is 0 Å². The third-order valence-corrected chi connectivity index (χ3v) is 3.16. The second-order valence-electron chi connectivity index (χ2n) is 5.32. The molecule has 6 nitrogen and oxygen atoms in total. The summed E-state index contributed by atoms with van der Waals surface area (Å²) < 4.78 is 16.3. The summed E-state index contributed by atoms with van der Waals surface area (Å²) in [7, 11) is 0. The second-order valence-corrected chi connectivity index (χ2v) is 5.32. The molecule has 2 atom stereocenters. The molecule has 108 valence electrons. The zero-order valence-electron chi connectivity index (χ0n) is 11.7. The summed E-state index contributed by atoms with van der Waals surface area (Å²) in [4.78, 5) is 4.36. The molecule has 2 unspecified atom stereocenters. The Morgan fingerprint density at radius 3 is 3.05 bits per heavy atom. The van der Waals surface area contributed by atoms with E-state index < -0.39 is 5.54 Å². The van der Waals surface area contributed by atoms with Gasteiger partial charge in [0.15, 0.2) is 5.82 Å². The summed E-state index contributed by atoms with van der Waals surface area (Å²) in [6, 6.07) is 0. The zero-order chi connectivity index (χ0) is 13.7. The average Bonchev–Trinajstić information content (AvgIpc) is 3.01. The first-order valence-electron chi connectivity index (χ1n) is 6.93. The first-order chi connectivity index (χ1) is 9.12. The summed E-state index contributed by atoms with van der Waals surface area (Å²) in [6.45, 7) is 5.81. The van der Waals surface area contributed by atoms with E-state index in [1.807, 2.05) is 6.92 Å². The maximum atomic E-state index is 6.16. The van der Waals surface area contributed by atoms with E-state index >= 15 is 0 Å². The van der Waals surface area contributed by atoms with Gasteiger partial charge >= 0.3 is 0 Å². The number of nitrogens with zero attached hydrogens (tertiary/aromatic N) is 2. The number of nitrogens with two attached hydrogens (primary N) is 1. The fourth-order valence-corrected chi connectivity index (χ4v) is 2.06. The van der Waals surface area contributed by atoms with Crippen LogP contribution < -0.4 is 5.73 Å². The lowest BCUT2D eigenvalue weighted by Crippen LogP contribution is -2.39. The minimum absolute atomic E-state index is 0.202. The lowest BCUT2D eigenvalue weighted by atomic mass is 10.1. The van der Waals surface area contributed by atoms with Crippen LogP contribution in [-0.4, -0.2) is 36.1 Å². The highest BCUT2D eigenvalue weighted by Crippen LogP contribution is 2.19. The largest absolute Gasteiger partial charge is 0.379 e. The number of hydrogen-bond donors (Lipinski definition) is 1. The molecule has 1 aliphatic rings. The summed E-state index contributed by atoms with van der Waals surface area (Å²) in [5.74, 6) is 1.09. The van der Waals surface area contributed by atoms with E-state index in [1.165, 1.54) is 0 Å². The summed E-state index contributed by atoms with van der Waals surface area (Å²) in [5.41, 5.74) is 5.44. The average molecular weight is 269 g/mol. The monoisotopic (exact) mass is 269 g/mol. The van der Waals surface area contributed by atoms with E-state index in [0.29, 0.717) is 31.3 Å². The fraction of sp³-hybridized carbons (Fsp3) is 0.846. The van der Waals surface area contributed by atoms with E-state index in [1.54, 1.807) is 0 Å². The van der Waals surface area contributed by atoms with Crippen LogP contribution in [0.5, 0.6) is 0 Å². The van der Waals surface area contributed by atoms with Gasteiger partial charge in [-0.05, 0) is 26.2 Å². The van der Waals surface area contributed by atoms with Gasteiger partial charge in [0.25, 0.3) is 0 Å². The molecule has 2 N–H and O–H groups in total. The number of ether oxygens (including phenoxy) is 2. The molecule has 6 heteroatoms. The normalized spacial score (nSPS) is 22.6. The molecule has 1 fully saturated rings. The predicted octanol–water partition coefficient (Wildman–Crippen LogP) is 1.39. The molecule has 1 aliphatic heterocycles. The molecule has 0 spiro atoms. The van der Waals surface area contributed by atoms with Crippen molar-refractivity contribution in [1.82, 2.24) is 10.1 Å². The summed E-state index contributed by atoms with van der Waals surface area (Å²) >= 11 is 0. The van der Waals surface area contributed by atoms with E-state index in [2.05, 4.69) is 17.1 Å². The maximum absolute atomic E-state index is 6.16. The van der Waals surface area contributed by atoms with Gasteiger partial charge in [-0.25, -0.2) is 0 Å². The zero-order valence-corrected chi connectivity index (χ0v) is 11.7. The summed E-state index contributed by atoms with van der Waals surface area (Å²) in [5, 5.41) is 3.96. The van der Waals surface area contributed by atoms with Gasteiger partial charge in [-0.1, -0.05) is 12.1 Å². The van der Waals surface area contributed by atoms with Crippen LogP contribution >= 0.6 is 0 Å². The van der Waals surface area contributed by atoms with Crippen LogP contribution in [0.4, 0.5) is 0 Å². The minimum Gasteiger partial charge on any atom is -0.379 e. The molecule has 0 aromatic carbocycles. The first kappa shape index (κ1) is 14.4. The second kappa shape index (κ2) is 6.45. The van der Waals surface area contributed by atoms with Crippen LogP contribution in [-0.2, 0) is 21.4 Å². The van der Waals surface area contributed by atoms with E-state index in [-0.39, 0.29) is 6.10 Å². The molecule has 1 saturated heterocycles. The van der Waals surface area contributed by atoms with Crippen LogP contribution in [0.3, 0.4) is 0 Å². The van der Waals surface area contributed by atoms with E-state index in [4.69, 9.17) is 19.7 Å². The van der Waals surface area contributed by atoms with Gasteiger partial charge < -0.3 is 19.7 Å². The lowest BCUT2D eigenvalue weighted by molar-refractivity contribution is 0.0867. The third kappa shape index (κ3) is 3.99. The van der Waals surface area contributed by atoms with Crippen molar-refractivity contribution in [3.05, 3.63) is 11.7 Å². The highest BCUT2D eigenvalue weighted by molar-refractivity contribution is 5.02. The number of aromatic nitrogens is 2. The Hall–Kier alpha value is -0.980. The molecule has 2 rings (SSSR count). The van der Waals surface area contributed by atoms with Crippen molar-refractivity contribution in [3.8, 4) is 0 Å². The minimum atomic E-state index is -0.715. The van der Waals surface area contributed by atoms with Crippen molar-refractivity contribution in [2.45, 2.75) is 51.2 Å². The van der Waals surface area contributed by atoms with Crippen molar-refractivity contribution in [3.63, 3.8) is 0 Å². The Kier molecular flexibility index (Phi) is 4.90. The Labute approximate surface area is 113 Å². The van der Waals surface area contributed by atoms with Gasteiger partial charge in [0.2, 0.25) is 5.89 Å². The van der Waals surface area contributed by atoms with Crippen molar-refractivity contribution in [1.29, 1.82) is 0 Å². The molecule has 0 radical (unpaired) electrons. The molecular formula is C13H23N3O3. The Bertz CT molecular complexity index is 386. The van der Waals surface area contributed by atoms with Crippen LogP contribution in [0.25, 0.3) is 0 Å². The van der Waals surface area contributed by atoms with E-state index in [0.717, 1.165) is 25.9 Å². The van der Waals surface area contributed by atoms with E-state index in [9.17, 15) is 0 Å². The lowest BCUT2D eigenvalue weighted by Gasteiger charge is -2.19. The topological polar surface area (TPSA) is 83.4 Å². The number of hydrogen-bond acceptors (Lipinski definition) is 6. The Morgan fingerprint density at radius 2 is 2.37 bits per heavy atom. The SMILES string of the molecule is CCCOCC(C)(N)c1noc(CC2CCCO2)n1. The van der Waals surface area contributed by atoms with Gasteiger partial charge in [0.05, 0.1) is 19.1 Å². The van der Waals surface area contributed by atoms with Crippen LogP contribution in [0.1, 0.15) is 44.8 Å². The Morgan fingerprint density at radius 1 is 1.53 bits per heavy atom. The van der Waals surface area contributed by atoms with Gasteiger partial charge in [0.1, 0.15) is 5.54 Å². The van der Waals surface area contributed by atoms with Gasteiger partial charge in [-0.15, -0.1) is 0 Å². The van der Waals surface area contributed by atoms with Crippen molar-refractivity contribution < 1.29 is 14.0 Å². The third-order valence-electron chi connectivity index (χ3n) is 3.16. The first-order valence-corrected chi connectivity index (χ1v) is 6.93. The van der Waals surface area contributed by atoms with Crippen molar-refractivity contribution in [2.24, 2.45) is 5.73 Å². The molecule has 1 aromatic rings. The maximum Gasteiger partial charge on any atom is 0.229 e. The molecular weight excluding hydrogens is 246 g/mol. The van der Waals surface area contributed by atoms with Crippen LogP contribution in [0.15, 0.2) is 4.52 Å². The molecule has 0 bridgehead atoms. The number of rotatable bonds is 7. The molecule has 19 heavy (non-hydrogen) atoms. The highest BCUT2D eigenvalue weighted by atomic mass is 16.5. The predicted molar refractivity (Wildman–Crippen MR) is 69.6 cm³/mol. The van der Waals surface area contributed by atoms with Crippen molar-refractivity contribution >= 4 is 0 Å². The standard InChI is InChI=1S/C13H23N3O3/c1-3-6-17-9-13(2,14)12-15-11(19-16-12)8-10-5-4-7-18-10/h10H,3-9,14H2,1-2H3. The Balaban J connectivity index is 1.90.